The van der Waals surface area contributed by atoms with Crippen molar-refractivity contribution >= 4 is 0 Å². The average Bonchev–Trinajstić information content (AvgIpc) is 2.09. The summed E-state index contributed by atoms with van der Waals surface area (Å²) in [6.07, 6.45) is 5.03. The van der Waals surface area contributed by atoms with Crippen LogP contribution in [-0.2, 0) is 0 Å². The third kappa shape index (κ3) is 2.14. The molecular weight excluding hydrogens is 160 g/mol. The van der Waals surface area contributed by atoms with E-state index < -0.39 is 5.60 Å². The summed E-state index contributed by atoms with van der Waals surface area (Å²) in [5, 5.41) is 10.2. The van der Waals surface area contributed by atoms with Crippen molar-refractivity contribution in [2.75, 3.05) is 0 Å². The Hall–Kier alpha value is -0.300. The molecule has 1 rings (SSSR count). The first kappa shape index (κ1) is 10.8. The molecule has 0 heterocycles. The first-order valence-electron chi connectivity index (χ1n) is 5.35. The zero-order valence-corrected chi connectivity index (χ0v) is 9.09. The molecule has 3 unspecified atom stereocenters. The van der Waals surface area contributed by atoms with E-state index in [-0.39, 0.29) is 0 Å². The maximum atomic E-state index is 10.2. The van der Waals surface area contributed by atoms with Crippen LogP contribution < -0.4 is 0 Å². The van der Waals surface area contributed by atoms with E-state index in [2.05, 4.69) is 27.4 Å². The van der Waals surface area contributed by atoms with Crippen LogP contribution in [0.25, 0.3) is 0 Å². The highest BCUT2D eigenvalue weighted by Crippen LogP contribution is 2.40. The van der Waals surface area contributed by atoms with Crippen LogP contribution in [0.2, 0.25) is 0 Å². The summed E-state index contributed by atoms with van der Waals surface area (Å²) in [7, 11) is 0. The van der Waals surface area contributed by atoms with Gasteiger partial charge < -0.3 is 5.11 Å². The van der Waals surface area contributed by atoms with Gasteiger partial charge in [-0.15, -0.1) is 6.58 Å². The molecule has 1 N–H and O–H groups in total. The SMILES string of the molecule is C=CC1(O)CC(C(C)C)CCC1C. The van der Waals surface area contributed by atoms with Crippen molar-refractivity contribution in [1.82, 2.24) is 0 Å². The van der Waals surface area contributed by atoms with Gasteiger partial charge in [-0.25, -0.2) is 0 Å². The van der Waals surface area contributed by atoms with Gasteiger partial charge in [0, 0.05) is 0 Å². The average molecular weight is 182 g/mol. The lowest BCUT2D eigenvalue weighted by molar-refractivity contribution is -0.0260. The van der Waals surface area contributed by atoms with E-state index >= 15 is 0 Å². The first-order chi connectivity index (χ1) is 5.99. The summed E-state index contributed by atoms with van der Waals surface area (Å²) in [5.41, 5.74) is -0.604. The van der Waals surface area contributed by atoms with Crippen LogP contribution in [0.15, 0.2) is 12.7 Å². The van der Waals surface area contributed by atoms with Gasteiger partial charge in [-0.2, -0.15) is 0 Å². The van der Waals surface area contributed by atoms with Gasteiger partial charge >= 0.3 is 0 Å². The zero-order valence-electron chi connectivity index (χ0n) is 9.09. The van der Waals surface area contributed by atoms with E-state index in [0.717, 1.165) is 12.8 Å². The van der Waals surface area contributed by atoms with E-state index in [4.69, 9.17) is 0 Å². The minimum absolute atomic E-state index is 0.375. The lowest BCUT2D eigenvalue weighted by atomic mass is 9.68. The normalized spacial score (nSPS) is 40.7. The molecule has 0 radical (unpaired) electrons. The predicted molar refractivity (Wildman–Crippen MR) is 56.5 cm³/mol. The summed E-state index contributed by atoms with van der Waals surface area (Å²) in [6.45, 7) is 10.4. The Bertz CT molecular complexity index is 186. The maximum Gasteiger partial charge on any atom is 0.0853 e. The van der Waals surface area contributed by atoms with Crippen molar-refractivity contribution in [1.29, 1.82) is 0 Å². The molecule has 0 spiro atoms. The molecule has 1 heteroatoms. The van der Waals surface area contributed by atoms with Crippen molar-refractivity contribution in [3.63, 3.8) is 0 Å². The van der Waals surface area contributed by atoms with Crippen molar-refractivity contribution < 1.29 is 5.11 Å². The van der Waals surface area contributed by atoms with Crippen LogP contribution >= 0.6 is 0 Å². The fraction of sp³-hybridized carbons (Fsp3) is 0.833. The molecular formula is C12H22O. The van der Waals surface area contributed by atoms with Crippen LogP contribution in [0, 0.1) is 17.8 Å². The van der Waals surface area contributed by atoms with Crippen LogP contribution in [0.1, 0.15) is 40.0 Å². The molecule has 1 aliphatic rings. The highest BCUT2D eigenvalue weighted by Gasteiger charge is 2.38. The van der Waals surface area contributed by atoms with Crippen molar-refractivity contribution in [2.45, 2.75) is 45.6 Å². The van der Waals surface area contributed by atoms with Gasteiger partial charge in [-0.1, -0.05) is 26.8 Å². The smallest absolute Gasteiger partial charge is 0.0853 e. The number of rotatable bonds is 2. The number of hydrogen-bond acceptors (Lipinski definition) is 1. The van der Waals surface area contributed by atoms with Gasteiger partial charge in [-0.3, -0.25) is 0 Å². The fourth-order valence-electron chi connectivity index (χ4n) is 2.29. The summed E-state index contributed by atoms with van der Waals surface area (Å²) in [4.78, 5) is 0. The van der Waals surface area contributed by atoms with Crippen molar-refractivity contribution in [3.05, 3.63) is 12.7 Å². The minimum atomic E-state index is -0.604. The van der Waals surface area contributed by atoms with Crippen molar-refractivity contribution in [2.24, 2.45) is 17.8 Å². The monoisotopic (exact) mass is 182 g/mol. The summed E-state index contributed by atoms with van der Waals surface area (Å²) >= 11 is 0. The first-order valence-corrected chi connectivity index (χ1v) is 5.35. The molecule has 0 aromatic heterocycles. The highest BCUT2D eigenvalue weighted by molar-refractivity contribution is 5.03. The molecule has 0 amide bonds. The standard InChI is InChI=1S/C12H22O/c1-5-12(13)8-11(9(2)3)7-6-10(12)4/h5,9-11,13H,1,6-8H2,2-4H3. The Kier molecular flexibility index (Phi) is 3.18. The second kappa shape index (κ2) is 3.83. The molecule has 0 bridgehead atoms. The van der Waals surface area contributed by atoms with Gasteiger partial charge in [0.2, 0.25) is 0 Å². The number of aliphatic hydroxyl groups is 1. The molecule has 1 saturated carbocycles. The zero-order chi connectivity index (χ0) is 10.1. The van der Waals surface area contributed by atoms with Crippen LogP contribution in [-0.4, -0.2) is 10.7 Å². The molecule has 0 aromatic carbocycles. The summed E-state index contributed by atoms with van der Waals surface area (Å²) in [5.74, 6) is 1.72. The Morgan fingerprint density at radius 1 is 1.46 bits per heavy atom. The Balaban J connectivity index is 2.68. The van der Waals surface area contributed by atoms with Gasteiger partial charge in [0.25, 0.3) is 0 Å². The Labute approximate surface area is 81.9 Å². The van der Waals surface area contributed by atoms with E-state index in [1.54, 1.807) is 6.08 Å². The van der Waals surface area contributed by atoms with E-state index in [9.17, 15) is 5.11 Å². The second-order valence-electron chi connectivity index (χ2n) is 4.88. The maximum absolute atomic E-state index is 10.2. The van der Waals surface area contributed by atoms with Crippen molar-refractivity contribution in [3.8, 4) is 0 Å². The molecule has 0 saturated heterocycles. The largest absolute Gasteiger partial charge is 0.386 e. The van der Waals surface area contributed by atoms with Gasteiger partial charge in [0.15, 0.2) is 0 Å². The Morgan fingerprint density at radius 3 is 2.54 bits per heavy atom. The lowest BCUT2D eigenvalue weighted by Crippen LogP contribution is -2.41. The van der Waals surface area contributed by atoms with Gasteiger partial charge in [-0.05, 0) is 37.0 Å². The van der Waals surface area contributed by atoms with E-state index in [1.165, 1.54) is 6.42 Å². The third-order valence-electron chi connectivity index (χ3n) is 3.71. The van der Waals surface area contributed by atoms with Crippen LogP contribution in [0.5, 0.6) is 0 Å². The second-order valence-corrected chi connectivity index (χ2v) is 4.88. The molecule has 0 aromatic rings. The molecule has 13 heavy (non-hydrogen) atoms. The lowest BCUT2D eigenvalue weighted by Gasteiger charge is -2.41. The molecule has 3 atom stereocenters. The van der Waals surface area contributed by atoms with Crippen LogP contribution in [0.4, 0.5) is 0 Å². The third-order valence-corrected chi connectivity index (χ3v) is 3.71. The number of hydrogen-bond donors (Lipinski definition) is 1. The topological polar surface area (TPSA) is 20.2 Å². The van der Waals surface area contributed by atoms with Crippen LogP contribution in [0.3, 0.4) is 0 Å². The van der Waals surface area contributed by atoms with E-state index in [1.807, 2.05) is 0 Å². The Morgan fingerprint density at radius 2 is 2.08 bits per heavy atom. The molecule has 0 aliphatic heterocycles. The molecule has 1 nitrogen and oxygen atoms in total. The van der Waals surface area contributed by atoms with E-state index in [0.29, 0.717) is 17.8 Å². The predicted octanol–water partition coefficient (Wildman–Crippen LogP) is 3.00. The molecule has 1 fully saturated rings. The summed E-state index contributed by atoms with van der Waals surface area (Å²) in [6, 6.07) is 0. The quantitative estimate of drug-likeness (QED) is 0.651. The minimum Gasteiger partial charge on any atom is -0.386 e. The fourth-order valence-corrected chi connectivity index (χ4v) is 2.29. The molecule has 1 aliphatic carbocycles. The summed E-state index contributed by atoms with van der Waals surface area (Å²) < 4.78 is 0. The molecule has 76 valence electrons. The van der Waals surface area contributed by atoms with Gasteiger partial charge in [0.1, 0.15) is 0 Å². The highest BCUT2D eigenvalue weighted by atomic mass is 16.3. The van der Waals surface area contributed by atoms with Gasteiger partial charge in [0.05, 0.1) is 5.60 Å².